The first-order chi connectivity index (χ1) is 11.7. The second kappa shape index (κ2) is 7.39. The summed E-state index contributed by atoms with van der Waals surface area (Å²) in [6.07, 6.45) is 1.89. The number of aryl methyl sites for hydroxylation is 1. The molecule has 0 atom stereocenters. The number of likely N-dealkylation sites (tertiary alicyclic amines) is 1. The molecule has 0 aromatic heterocycles. The molecule has 0 spiro atoms. The largest absolute Gasteiger partial charge is 0.497 e. The minimum absolute atomic E-state index is 0.0754. The zero-order chi connectivity index (χ0) is 16.9. The molecule has 4 nitrogen and oxygen atoms in total. The monoisotopic (exact) mass is 325 g/mol. The van der Waals surface area contributed by atoms with Gasteiger partial charge in [0.15, 0.2) is 0 Å². The zero-order valence-corrected chi connectivity index (χ0v) is 14.2. The number of amides is 1. The molecular weight excluding hydrogens is 302 g/mol. The summed E-state index contributed by atoms with van der Waals surface area (Å²) >= 11 is 0. The Bertz CT molecular complexity index is 671. The van der Waals surface area contributed by atoms with Crippen molar-refractivity contribution in [2.24, 2.45) is 0 Å². The van der Waals surface area contributed by atoms with Crippen LogP contribution in [-0.4, -0.2) is 37.1 Å². The van der Waals surface area contributed by atoms with Crippen LogP contribution in [0.1, 0.15) is 28.8 Å². The third kappa shape index (κ3) is 3.88. The molecule has 1 fully saturated rings. The first kappa shape index (κ1) is 16.4. The average Bonchev–Trinajstić information content (AvgIpc) is 2.64. The quantitative estimate of drug-likeness (QED) is 0.860. The molecule has 1 amide bonds. The number of hydrogen-bond donors (Lipinski definition) is 0. The first-order valence-electron chi connectivity index (χ1n) is 8.32. The maximum Gasteiger partial charge on any atom is 0.253 e. The molecule has 24 heavy (non-hydrogen) atoms. The van der Waals surface area contributed by atoms with Gasteiger partial charge < -0.3 is 14.4 Å². The van der Waals surface area contributed by atoms with Crippen molar-refractivity contribution in [3.63, 3.8) is 0 Å². The molecule has 1 aliphatic heterocycles. The molecule has 3 rings (SSSR count). The van der Waals surface area contributed by atoms with E-state index in [0.717, 1.165) is 37.4 Å². The van der Waals surface area contributed by atoms with Gasteiger partial charge in [-0.15, -0.1) is 0 Å². The molecule has 126 valence electrons. The van der Waals surface area contributed by atoms with Gasteiger partial charge in [0.2, 0.25) is 0 Å². The highest BCUT2D eigenvalue weighted by atomic mass is 16.5. The Hall–Kier alpha value is -2.49. The normalized spacial score (nSPS) is 15.2. The molecule has 0 radical (unpaired) electrons. The Labute approximate surface area is 143 Å². The number of rotatable bonds is 4. The van der Waals surface area contributed by atoms with Crippen LogP contribution in [0.4, 0.5) is 0 Å². The molecule has 0 unspecified atom stereocenters. The summed E-state index contributed by atoms with van der Waals surface area (Å²) in [6, 6.07) is 15.4. The van der Waals surface area contributed by atoms with Crippen LogP contribution in [0.2, 0.25) is 0 Å². The average molecular weight is 325 g/mol. The molecule has 1 saturated heterocycles. The number of piperidine rings is 1. The highest BCUT2D eigenvalue weighted by Gasteiger charge is 2.24. The van der Waals surface area contributed by atoms with Crippen LogP contribution in [0.3, 0.4) is 0 Å². The van der Waals surface area contributed by atoms with Crippen molar-refractivity contribution in [1.82, 2.24) is 4.90 Å². The smallest absolute Gasteiger partial charge is 0.253 e. The van der Waals surface area contributed by atoms with Gasteiger partial charge in [0.05, 0.1) is 7.11 Å². The molecule has 2 aromatic carbocycles. The summed E-state index contributed by atoms with van der Waals surface area (Å²) in [7, 11) is 1.62. The molecule has 1 aliphatic rings. The standard InChI is InChI=1S/C20H23NO3/c1-15-3-7-18(8-4-15)24-19-11-13-21(14-12-19)20(22)16-5-9-17(23-2)10-6-16/h3-10,19H,11-14H2,1-2H3. The number of methoxy groups -OCH3 is 1. The van der Waals surface area contributed by atoms with Gasteiger partial charge in [-0.05, 0) is 43.3 Å². The third-order valence-electron chi connectivity index (χ3n) is 4.39. The Morgan fingerprint density at radius 3 is 2.12 bits per heavy atom. The van der Waals surface area contributed by atoms with Gasteiger partial charge in [-0.3, -0.25) is 4.79 Å². The zero-order valence-electron chi connectivity index (χ0n) is 14.2. The lowest BCUT2D eigenvalue weighted by atomic mass is 10.1. The second-order valence-electron chi connectivity index (χ2n) is 6.15. The molecule has 0 bridgehead atoms. The molecule has 0 aliphatic carbocycles. The Morgan fingerprint density at radius 2 is 1.54 bits per heavy atom. The van der Waals surface area contributed by atoms with E-state index in [4.69, 9.17) is 9.47 Å². The minimum Gasteiger partial charge on any atom is -0.497 e. The fourth-order valence-corrected chi connectivity index (χ4v) is 2.90. The van der Waals surface area contributed by atoms with E-state index in [-0.39, 0.29) is 12.0 Å². The molecule has 2 aromatic rings. The predicted octanol–water partition coefficient (Wildman–Crippen LogP) is 3.69. The maximum absolute atomic E-state index is 12.5. The topological polar surface area (TPSA) is 38.8 Å². The minimum atomic E-state index is 0.0754. The van der Waals surface area contributed by atoms with Gasteiger partial charge in [-0.2, -0.15) is 0 Å². The van der Waals surface area contributed by atoms with Crippen LogP contribution < -0.4 is 9.47 Å². The third-order valence-corrected chi connectivity index (χ3v) is 4.39. The van der Waals surface area contributed by atoms with E-state index in [1.165, 1.54) is 5.56 Å². The van der Waals surface area contributed by atoms with Crippen LogP contribution >= 0.6 is 0 Å². The van der Waals surface area contributed by atoms with Crippen molar-refractivity contribution < 1.29 is 14.3 Å². The number of carbonyl (C=O) groups is 1. The molecule has 0 N–H and O–H groups in total. The van der Waals surface area contributed by atoms with Gasteiger partial charge in [0.1, 0.15) is 17.6 Å². The van der Waals surface area contributed by atoms with Crippen molar-refractivity contribution in [2.45, 2.75) is 25.9 Å². The molecule has 0 saturated carbocycles. The van der Waals surface area contributed by atoms with Crippen LogP contribution in [0, 0.1) is 6.92 Å². The maximum atomic E-state index is 12.5. The molecule has 4 heteroatoms. The lowest BCUT2D eigenvalue weighted by molar-refractivity contribution is 0.0595. The van der Waals surface area contributed by atoms with Gasteiger partial charge >= 0.3 is 0 Å². The van der Waals surface area contributed by atoms with Crippen LogP contribution in [0.25, 0.3) is 0 Å². The van der Waals surface area contributed by atoms with E-state index >= 15 is 0 Å². The van der Waals surface area contributed by atoms with Crippen LogP contribution in [0.5, 0.6) is 11.5 Å². The number of benzene rings is 2. The summed E-state index contributed by atoms with van der Waals surface area (Å²) < 4.78 is 11.2. The fraction of sp³-hybridized carbons (Fsp3) is 0.350. The van der Waals surface area contributed by atoms with E-state index in [2.05, 4.69) is 19.1 Å². The summed E-state index contributed by atoms with van der Waals surface area (Å²) in [6.45, 7) is 3.51. The first-order valence-corrected chi connectivity index (χ1v) is 8.32. The number of nitrogens with zero attached hydrogens (tertiary/aromatic N) is 1. The van der Waals surface area contributed by atoms with E-state index in [1.54, 1.807) is 7.11 Å². The van der Waals surface area contributed by atoms with E-state index in [0.29, 0.717) is 5.56 Å². The predicted molar refractivity (Wildman–Crippen MR) is 93.7 cm³/mol. The Kier molecular flexibility index (Phi) is 5.04. The fourth-order valence-electron chi connectivity index (χ4n) is 2.90. The summed E-state index contributed by atoms with van der Waals surface area (Å²) in [4.78, 5) is 14.4. The van der Waals surface area contributed by atoms with Gasteiger partial charge in [-0.1, -0.05) is 17.7 Å². The van der Waals surface area contributed by atoms with E-state index < -0.39 is 0 Å². The van der Waals surface area contributed by atoms with Crippen molar-refractivity contribution >= 4 is 5.91 Å². The van der Waals surface area contributed by atoms with Crippen molar-refractivity contribution in [3.05, 3.63) is 59.7 Å². The highest BCUT2D eigenvalue weighted by Crippen LogP contribution is 2.21. The highest BCUT2D eigenvalue weighted by molar-refractivity contribution is 5.94. The van der Waals surface area contributed by atoms with Crippen molar-refractivity contribution in [2.75, 3.05) is 20.2 Å². The van der Waals surface area contributed by atoms with E-state index in [1.807, 2.05) is 41.3 Å². The lowest BCUT2D eigenvalue weighted by Gasteiger charge is -2.32. The van der Waals surface area contributed by atoms with Gasteiger partial charge in [0.25, 0.3) is 5.91 Å². The Balaban J connectivity index is 1.54. The van der Waals surface area contributed by atoms with Crippen molar-refractivity contribution in [3.8, 4) is 11.5 Å². The lowest BCUT2D eigenvalue weighted by Crippen LogP contribution is -2.41. The van der Waals surface area contributed by atoms with Crippen LogP contribution in [-0.2, 0) is 0 Å². The van der Waals surface area contributed by atoms with Gasteiger partial charge in [-0.25, -0.2) is 0 Å². The number of carbonyl (C=O) groups excluding carboxylic acids is 1. The number of hydrogen-bond acceptors (Lipinski definition) is 3. The summed E-state index contributed by atoms with van der Waals surface area (Å²) in [5.41, 5.74) is 1.93. The summed E-state index contributed by atoms with van der Waals surface area (Å²) in [5, 5.41) is 0. The summed E-state index contributed by atoms with van der Waals surface area (Å²) in [5.74, 6) is 1.74. The Morgan fingerprint density at radius 1 is 0.958 bits per heavy atom. The van der Waals surface area contributed by atoms with Crippen molar-refractivity contribution in [1.29, 1.82) is 0 Å². The van der Waals surface area contributed by atoms with E-state index in [9.17, 15) is 4.79 Å². The molecule has 1 heterocycles. The van der Waals surface area contributed by atoms with Crippen LogP contribution in [0.15, 0.2) is 48.5 Å². The number of ether oxygens (including phenoxy) is 2. The SMILES string of the molecule is COc1ccc(C(=O)N2CCC(Oc3ccc(C)cc3)CC2)cc1. The molecular formula is C20H23NO3. The van der Waals surface area contributed by atoms with Gasteiger partial charge in [0, 0.05) is 31.5 Å². The second-order valence-corrected chi connectivity index (χ2v) is 6.15.